The maximum atomic E-state index is 12.4. The first-order valence-electron chi connectivity index (χ1n) is 11.0. The number of fused-ring (bicyclic) bond motifs is 5. The Morgan fingerprint density at radius 3 is 2.52 bits per heavy atom. The lowest BCUT2D eigenvalue weighted by Gasteiger charge is -2.59. The molecule has 0 aromatic rings. The minimum absolute atomic E-state index is 0.0337. The third-order valence-electron chi connectivity index (χ3n) is 9.58. The summed E-state index contributed by atoms with van der Waals surface area (Å²) in [5.74, 6) is 1.19. The van der Waals surface area contributed by atoms with E-state index in [9.17, 15) is 9.90 Å². The van der Waals surface area contributed by atoms with Crippen LogP contribution < -0.4 is 0 Å². The van der Waals surface area contributed by atoms with Crippen LogP contribution in [0.1, 0.15) is 72.1 Å². The normalized spacial score (nSPS) is 50.7. The van der Waals surface area contributed by atoms with Gasteiger partial charge in [-0.15, -0.1) is 0 Å². The molecule has 150 valence electrons. The summed E-state index contributed by atoms with van der Waals surface area (Å²) in [4.78, 5) is 12.4. The summed E-state index contributed by atoms with van der Waals surface area (Å²) in [6.45, 7) is 7.65. The molecule has 5 aliphatic rings. The molecule has 4 heteroatoms. The van der Waals surface area contributed by atoms with E-state index in [-0.39, 0.29) is 22.4 Å². The topological polar surface area (TPSA) is 55.8 Å². The van der Waals surface area contributed by atoms with Gasteiger partial charge in [0.15, 0.2) is 11.6 Å². The van der Waals surface area contributed by atoms with Crippen LogP contribution in [-0.4, -0.2) is 35.5 Å². The minimum Gasteiger partial charge on any atom is -0.382 e. The van der Waals surface area contributed by atoms with Crippen LogP contribution in [0.15, 0.2) is 11.6 Å². The van der Waals surface area contributed by atoms with E-state index >= 15 is 0 Å². The average molecular weight is 375 g/mol. The van der Waals surface area contributed by atoms with Gasteiger partial charge in [-0.1, -0.05) is 25.5 Å². The summed E-state index contributed by atoms with van der Waals surface area (Å²) >= 11 is 0. The standard InChI is InChI=1S/C23H34O4/c1-15(24)23(25)11-8-19-17-5-4-16-6-10-22(26-12-13-27-22)14-20(16,2)18(17)7-9-21(19,23)3/h4,17-19,25H,5-14H2,1-3H3/t17-,18+,19+,20-,21-,23-/m0/s1. The van der Waals surface area contributed by atoms with Crippen LogP contribution in [0.5, 0.6) is 0 Å². The van der Waals surface area contributed by atoms with Crippen molar-refractivity contribution in [2.45, 2.75) is 83.5 Å². The number of Topliss-reactive ketones (excluding diaryl/α,β-unsaturated/α-hetero) is 1. The van der Waals surface area contributed by atoms with Crippen molar-refractivity contribution in [1.82, 2.24) is 0 Å². The van der Waals surface area contributed by atoms with Crippen molar-refractivity contribution in [3.8, 4) is 0 Å². The largest absolute Gasteiger partial charge is 0.382 e. The lowest BCUT2D eigenvalue weighted by Crippen LogP contribution is -2.58. The van der Waals surface area contributed by atoms with Crippen molar-refractivity contribution in [3.05, 3.63) is 11.6 Å². The summed E-state index contributed by atoms with van der Waals surface area (Å²) in [6.07, 6.45) is 10.3. The van der Waals surface area contributed by atoms with Crippen LogP contribution in [0.4, 0.5) is 0 Å². The second-order valence-electron chi connectivity index (χ2n) is 10.5. The Hall–Kier alpha value is -0.710. The van der Waals surface area contributed by atoms with Crippen molar-refractivity contribution in [3.63, 3.8) is 0 Å². The molecule has 0 radical (unpaired) electrons. The smallest absolute Gasteiger partial charge is 0.169 e. The fourth-order valence-electron chi connectivity index (χ4n) is 8.10. The Morgan fingerprint density at radius 1 is 1.11 bits per heavy atom. The SMILES string of the molecule is CC(=O)[C@@]1(O)CC[C@@H]2[C@H]3CC=C4CCC5(C[C@]4(C)[C@@H]3CC[C@@]21C)OCCO5. The van der Waals surface area contributed by atoms with E-state index in [1.807, 2.05) is 0 Å². The molecule has 4 fully saturated rings. The molecule has 3 saturated carbocycles. The van der Waals surface area contributed by atoms with Crippen LogP contribution in [0.25, 0.3) is 0 Å². The lowest BCUT2D eigenvalue weighted by molar-refractivity contribution is -0.206. The molecular weight excluding hydrogens is 340 g/mol. The summed E-state index contributed by atoms with van der Waals surface area (Å²) in [5.41, 5.74) is 0.342. The van der Waals surface area contributed by atoms with Crippen LogP contribution in [0, 0.1) is 28.6 Å². The van der Waals surface area contributed by atoms with Crippen LogP contribution in [-0.2, 0) is 14.3 Å². The number of ether oxygens (including phenoxy) is 2. The highest BCUT2D eigenvalue weighted by Crippen LogP contribution is 2.68. The Labute approximate surface area is 162 Å². The monoisotopic (exact) mass is 374 g/mol. The number of aliphatic hydroxyl groups is 1. The Morgan fingerprint density at radius 2 is 1.81 bits per heavy atom. The Kier molecular flexibility index (Phi) is 3.85. The predicted molar refractivity (Wildman–Crippen MR) is 102 cm³/mol. The van der Waals surface area contributed by atoms with E-state index in [1.165, 1.54) is 0 Å². The maximum Gasteiger partial charge on any atom is 0.169 e. The second-order valence-corrected chi connectivity index (χ2v) is 10.5. The molecule has 5 rings (SSSR count). The molecule has 0 bridgehead atoms. The number of ketones is 1. The first-order chi connectivity index (χ1) is 12.7. The Bertz CT molecular complexity index is 692. The number of rotatable bonds is 1. The highest BCUT2D eigenvalue weighted by molar-refractivity contribution is 5.86. The molecule has 1 spiro atoms. The first kappa shape index (κ1) is 18.3. The number of hydrogen-bond acceptors (Lipinski definition) is 4. The molecule has 6 atom stereocenters. The highest BCUT2D eigenvalue weighted by Gasteiger charge is 2.66. The van der Waals surface area contributed by atoms with E-state index in [0.717, 1.165) is 58.2 Å². The first-order valence-corrected chi connectivity index (χ1v) is 11.0. The zero-order valence-electron chi connectivity index (χ0n) is 17.1. The average Bonchev–Trinajstić information content (AvgIpc) is 3.17. The lowest BCUT2D eigenvalue weighted by atomic mass is 9.46. The number of carbonyl (C=O) groups is 1. The molecule has 1 saturated heterocycles. The molecule has 1 N–H and O–H groups in total. The van der Waals surface area contributed by atoms with E-state index < -0.39 is 5.60 Å². The van der Waals surface area contributed by atoms with Crippen molar-refractivity contribution < 1.29 is 19.4 Å². The quantitative estimate of drug-likeness (QED) is 0.705. The summed E-state index contributed by atoms with van der Waals surface area (Å²) in [7, 11) is 0. The molecule has 4 nitrogen and oxygen atoms in total. The second kappa shape index (κ2) is 5.67. The van der Waals surface area contributed by atoms with Crippen molar-refractivity contribution in [2.24, 2.45) is 28.6 Å². The molecule has 4 aliphatic carbocycles. The van der Waals surface area contributed by atoms with Crippen molar-refractivity contribution >= 4 is 5.78 Å². The van der Waals surface area contributed by atoms with Gasteiger partial charge >= 0.3 is 0 Å². The van der Waals surface area contributed by atoms with Gasteiger partial charge in [-0.25, -0.2) is 0 Å². The van der Waals surface area contributed by atoms with Crippen LogP contribution >= 0.6 is 0 Å². The molecule has 1 aliphatic heterocycles. The van der Waals surface area contributed by atoms with Crippen molar-refractivity contribution in [1.29, 1.82) is 0 Å². The highest BCUT2D eigenvalue weighted by atomic mass is 16.7. The molecule has 1 heterocycles. The van der Waals surface area contributed by atoms with Crippen molar-refractivity contribution in [2.75, 3.05) is 13.2 Å². The third-order valence-corrected chi connectivity index (χ3v) is 9.58. The molecule has 27 heavy (non-hydrogen) atoms. The zero-order chi connectivity index (χ0) is 19.1. The van der Waals surface area contributed by atoms with Gasteiger partial charge < -0.3 is 14.6 Å². The molecule has 0 aromatic heterocycles. The van der Waals surface area contributed by atoms with E-state index in [2.05, 4.69) is 19.9 Å². The van der Waals surface area contributed by atoms with Gasteiger partial charge in [-0.3, -0.25) is 4.79 Å². The summed E-state index contributed by atoms with van der Waals surface area (Å²) < 4.78 is 12.2. The third kappa shape index (κ3) is 2.24. The van der Waals surface area contributed by atoms with Gasteiger partial charge in [0, 0.05) is 18.3 Å². The molecular formula is C23H34O4. The number of allylic oxidation sites excluding steroid dienone is 2. The minimum atomic E-state index is -1.13. The van der Waals surface area contributed by atoms with Crippen LogP contribution in [0.2, 0.25) is 0 Å². The summed E-state index contributed by atoms with van der Waals surface area (Å²) in [5, 5.41) is 11.3. The molecule has 0 aromatic carbocycles. The zero-order valence-corrected chi connectivity index (χ0v) is 17.1. The van der Waals surface area contributed by atoms with Gasteiger partial charge in [-0.05, 0) is 68.6 Å². The predicted octanol–water partition coefficient (Wildman–Crippen LogP) is 4.01. The fraction of sp³-hybridized carbons (Fsp3) is 0.870. The fourth-order valence-corrected chi connectivity index (χ4v) is 8.10. The number of carbonyl (C=O) groups excluding carboxylic acids is 1. The van der Waals surface area contributed by atoms with E-state index in [0.29, 0.717) is 24.2 Å². The van der Waals surface area contributed by atoms with E-state index in [4.69, 9.17) is 9.47 Å². The van der Waals surface area contributed by atoms with Gasteiger partial charge in [0.2, 0.25) is 0 Å². The molecule has 0 unspecified atom stereocenters. The van der Waals surface area contributed by atoms with Gasteiger partial charge in [-0.2, -0.15) is 0 Å². The number of hydrogen-bond donors (Lipinski definition) is 1. The molecule has 0 amide bonds. The Balaban J connectivity index is 1.49. The van der Waals surface area contributed by atoms with Gasteiger partial charge in [0.1, 0.15) is 5.60 Å². The van der Waals surface area contributed by atoms with Gasteiger partial charge in [0.25, 0.3) is 0 Å². The van der Waals surface area contributed by atoms with Gasteiger partial charge in [0.05, 0.1) is 13.2 Å². The maximum absolute atomic E-state index is 12.4. The van der Waals surface area contributed by atoms with Crippen LogP contribution in [0.3, 0.4) is 0 Å². The summed E-state index contributed by atoms with van der Waals surface area (Å²) in [6, 6.07) is 0. The van der Waals surface area contributed by atoms with E-state index in [1.54, 1.807) is 12.5 Å².